The van der Waals surface area contributed by atoms with Gasteiger partial charge in [0.2, 0.25) is 6.79 Å². The number of anilines is 1. The number of rotatable bonds is 5. The predicted molar refractivity (Wildman–Crippen MR) is 118 cm³/mol. The first-order chi connectivity index (χ1) is 14.6. The van der Waals surface area contributed by atoms with Crippen LogP contribution in [0.25, 0.3) is 0 Å². The summed E-state index contributed by atoms with van der Waals surface area (Å²) in [4.78, 5) is 15.8. The monoisotopic (exact) mass is 410 g/mol. The van der Waals surface area contributed by atoms with Crippen LogP contribution in [-0.2, 0) is 13.1 Å². The van der Waals surface area contributed by atoms with E-state index in [-0.39, 0.29) is 0 Å². The molecule has 2 aliphatic heterocycles. The van der Waals surface area contributed by atoms with Crippen molar-refractivity contribution in [3.05, 3.63) is 47.7 Å². The highest BCUT2D eigenvalue weighted by Crippen LogP contribution is 2.32. The van der Waals surface area contributed by atoms with Crippen molar-refractivity contribution in [3.8, 4) is 11.5 Å². The number of nitrogens with zero attached hydrogens (tertiary/aromatic N) is 5. The first kappa shape index (κ1) is 20.3. The minimum atomic E-state index is 0.318. The molecule has 1 fully saturated rings. The smallest absolute Gasteiger partial charge is 0.231 e. The van der Waals surface area contributed by atoms with E-state index in [1.807, 2.05) is 44.4 Å². The van der Waals surface area contributed by atoms with Crippen LogP contribution in [0.2, 0.25) is 0 Å². The summed E-state index contributed by atoms with van der Waals surface area (Å²) in [5.41, 5.74) is 2.41. The second-order valence-corrected chi connectivity index (χ2v) is 7.73. The van der Waals surface area contributed by atoms with Crippen molar-refractivity contribution in [1.29, 1.82) is 0 Å². The molecule has 8 heteroatoms. The van der Waals surface area contributed by atoms with E-state index >= 15 is 0 Å². The molecule has 0 amide bonds. The summed E-state index contributed by atoms with van der Waals surface area (Å²) in [6.07, 6.45) is 1.83. The predicted octanol–water partition coefficient (Wildman–Crippen LogP) is 1.77. The molecule has 0 unspecified atom stereocenters. The van der Waals surface area contributed by atoms with Gasteiger partial charge in [0.25, 0.3) is 0 Å². The Kier molecular flexibility index (Phi) is 6.23. The molecule has 2 aromatic rings. The number of hydrogen-bond acceptors (Lipinski definition) is 6. The Balaban J connectivity index is 1.29. The van der Waals surface area contributed by atoms with Crippen LogP contribution in [0.5, 0.6) is 11.5 Å². The number of guanidine groups is 1. The van der Waals surface area contributed by atoms with E-state index in [0.717, 1.165) is 61.6 Å². The number of piperazine rings is 1. The van der Waals surface area contributed by atoms with Crippen molar-refractivity contribution in [1.82, 2.24) is 20.1 Å². The number of fused-ring (bicyclic) bond motifs is 1. The summed E-state index contributed by atoms with van der Waals surface area (Å²) in [5.74, 6) is 3.60. The minimum absolute atomic E-state index is 0.318. The van der Waals surface area contributed by atoms with Gasteiger partial charge in [0.1, 0.15) is 5.82 Å². The highest BCUT2D eigenvalue weighted by molar-refractivity contribution is 5.80. The van der Waals surface area contributed by atoms with E-state index in [1.54, 1.807) is 0 Å². The molecule has 30 heavy (non-hydrogen) atoms. The number of aromatic nitrogens is 1. The van der Waals surface area contributed by atoms with Crippen LogP contribution in [0.4, 0.5) is 5.82 Å². The molecule has 0 bridgehead atoms. The summed E-state index contributed by atoms with van der Waals surface area (Å²) >= 11 is 0. The molecule has 4 rings (SSSR count). The topological polar surface area (TPSA) is 65.5 Å². The number of aliphatic imine (C=N–C) groups is 1. The van der Waals surface area contributed by atoms with E-state index < -0.39 is 0 Å². The van der Waals surface area contributed by atoms with E-state index in [1.165, 1.54) is 5.56 Å². The lowest BCUT2D eigenvalue weighted by atomic mass is 10.1. The molecule has 1 aromatic carbocycles. The Bertz CT molecular complexity index is 893. The van der Waals surface area contributed by atoms with Crippen LogP contribution in [0.1, 0.15) is 11.1 Å². The highest BCUT2D eigenvalue weighted by Gasteiger charge is 2.21. The highest BCUT2D eigenvalue weighted by atomic mass is 16.7. The van der Waals surface area contributed by atoms with E-state index in [0.29, 0.717) is 13.3 Å². The molecule has 1 N–H and O–H groups in total. The molecule has 2 aliphatic rings. The lowest BCUT2D eigenvalue weighted by Gasteiger charge is -2.36. The lowest BCUT2D eigenvalue weighted by Crippen LogP contribution is -2.52. The van der Waals surface area contributed by atoms with E-state index in [4.69, 9.17) is 9.47 Å². The normalized spacial score (nSPS) is 16.6. The molecule has 160 valence electrons. The summed E-state index contributed by atoms with van der Waals surface area (Å²) in [5, 5.41) is 3.50. The van der Waals surface area contributed by atoms with Crippen LogP contribution in [0.3, 0.4) is 0 Å². The SMILES string of the molecule is CN=C(NCc1cccnc1N(C)C)N1CCN(Cc2ccc3c(c2)OCO3)CC1. The van der Waals surface area contributed by atoms with Gasteiger partial charge in [0.15, 0.2) is 17.5 Å². The standard InChI is InChI=1S/C22H30N6O2/c1-23-22(25-14-18-5-4-8-24-21(18)26(2)3)28-11-9-27(10-12-28)15-17-6-7-19-20(13-17)30-16-29-19/h4-8,13H,9-12,14-16H2,1-3H3,(H,23,25). The maximum Gasteiger partial charge on any atom is 0.231 e. The molecule has 1 saturated heterocycles. The average molecular weight is 411 g/mol. The van der Waals surface area contributed by atoms with Gasteiger partial charge in [-0.3, -0.25) is 9.89 Å². The number of benzene rings is 1. The zero-order valence-electron chi connectivity index (χ0n) is 18.0. The van der Waals surface area contributed by atoms with Crippen LogP contribution in [0.15, 0.2) is 41.5 Å². The minimum Gasteiger partial charge on any atom is -0.454 e. The average Bonchev–Trinajstić information content (AvgIpc) is 3.23. The zero-order valence-corrected chi connectivity index (χ0v) is 18.0. The fraction of sp³-hybridized carbons (Fsp3) is 0.455. The van der Waals surface area contributed by atoms with Crippen LogP contribution >= 0.6 is 0 Å². The fourth-order valence-electron chi connectivity index (χ4n) is 3.89. The van der Waals surface area contributed by atoms with Gasteiger partial charge in [-0.05, 0) is 23.8 Å². The third-order valence-corrected chi connectivity index (χ3v) is 5.45. The van der Waals surface area contributed by atoms with Gasteiger partial charge in [-0.25, -0.2) is 4.98 Å². The van der Waals surface area contributed by atoms with Crippen molar-refractivity contribution >= 4 is 11.8 Å². The van der Waals surface area contributed by atoms with Crippen molar-refractivity contribution in [3.63, 3.8) is 0 Å². The molecule has 0 radical (unpaired) electrons. The molecule has 0 saturated carbocycles. The Hall–Kier alpha value is -3.00. The van der Waals surface area contributed by atoms with Gasteiger partial charge in [0, 0.05) is 72.2 Å². The summed E-state index contributed by atoms with van der Waals surface area (Å²) in [6.45, 7) is 5.80. The first-order valence-electron chi connectivity index (χ1n) is 10.3. The number of ether oxygens (including phenoxy) is 2. The number of pyridine rings is 1. The quantitative estimate of drug-likeness (QED) is 0.595. The molecular formula is C22H30N6O2. The van der Waals surface area contributed by atoms with E-state index in [2.05, 4.69) is 43.3 Å². The molecule has 0 spiro atoms. The largest absolute Gasteiger partial charge is 0.454 e. The molecule has 0 atom stereocenters. The third-order valence-electron chi connectivity index (χ3n) is 5.45. The van der Waals surface area contributed by atoms with Crippen molar-refractivity contribution in [2.75, 3.05) is 59.0 Å². The van der Waals surface area contributed by atoms with Crippen molar-refractivity contribution < 1.29 is 9.47 Å². The van der Waals surface area contributed by atoms with Crippen LogP contribution in [0, 0.1) is 0 Å². The zero-order chi connectivity index (χ0) is 20.9. The molecule has 3 heterocycles. The van der Waals surface area contributed by atoms with Gasteiger partial charge in [0.05, 0.1) is 0 Å². The summed E-state index contributed by atoms with van der Waals surface area (Å²) < 4.78 is 10.9. The maximum absolute atomic E-state index is 5.50. The second kappa shape index (κ2) is 9.21. The molecule has 1 aromatic heterocycles. The lowest BCUT2D eigenvalue weighted by molar-refractivity contribution is 0.171. The summed E-state index contributed by atoms with van der Waals surface area (Å²) in [7, 11) is 5.87. The van der Waals surface area contributed by atoms with Crippen LogP contribution < -0.4 is 19.7 Å². The third kappa shape index (κ3) is 4.59. The van der Waals surface area contributed by atoms with Gasteiger partial charge in [-0.15, -0.1) is 0 Å². The van der Waals surface area contributed by atoms with Gasteiger partial charge >= 0.3 is 0 Å². The van der Waals surface area contributed by atoms with Gasteiger partial charge in [-0.1, -0.05) is 12.1 Å². The molecule has 0 aliphatic carbocycles. The Morgan fingerprint density at radius 1 is 1.13 bits per heavy atom. The first-order valence-corrected chi connectivity index (χ1v) is 10.3. The Morgan fingerprint density at radius 2 is 1.93 bits per heavy atom. The molecule has 8 nitrogen and oxygen atoms in total. The molecular weight excluding hydrogens is 380 g/mol. The van der Waals surface area contributed by atoms with Gasteiger partial charge in [-0.2, -0.15) is 0 Å². The summed E-state index contributed by atoms with van der Waals surface area (Å²) in [6, 6.07) is 10.3. The van der Waals surface area contributed by atoms with Crippen molar-refractivity contribution in [2.24, 2.45) is 4.99 Å². The number of hydrogen-bond donors (Lipinski definition) is 1. The van der Waals surface area contributed by atoms with Crippen molar-refractivity contribution in [2.45, 2.75) is 13.1 Å². The van der Waals surface area contributed by atoms with E-state index in [9.17, 15) is 0 Å². The number of nitrogens with one attached hydrogen (secondary N) is 1. The Morgan fingerprint density at radius 3 is 2.70 bits per heavy atom. The fourth-order valence-corrected chi connectivity index (χ4v) is 3.89. The van der Waals surface area contributed by atoms with Gasteiger partial charge < -0.3 is 24.6 Å². The Labute approximate surface area is 178 Å². The van der Waals surface area contributed by atoms with Crippen LogP contribution in [-0.4, -0.2) is 74.9 Å². The maximum atomic E-state index is 5.50. The second-order valence-electron chi connectivity index (χ2n) is 7.73.